The van der Waals surface area contributed by atoms with Gasteiger partial charge in [0.05, 0.1) is 24.4 Å². The smallest absolute Gasteiger partial charge is 0.417 e. The van der Waals surface area contributed by atoms with Gasteiger partial charge in [0.1, 0.15) is 18.5 Å². The Balaban J connectivity index is 1.81. The Bertz CT molecular complexity index is 1400. The molecule has 3 atom stereocenters. The molecule has 1 unspecified atom stereocenters. The third-order valence-corrected chi connectivity index (χ3v) is 8.81. The molecule has 9 nitrogen and oxygen atoms in total. The molecule has 0 amide bonds. The number of pyridine rings is 1. The molecule has 0 spiro atoms. The number of aliphatic hydroxyl groups is 1. The van der Waals surface area contributed by atoms with Gasteiger partial charge in [0.15, 0.2) is 4.90 Å². The summed E-state index contributed by atoms with van der Waals surface area (Å²) >= 11 is 0. The number of anilines is 1. The Hall–Kier alpha value is -3.32. The molecule has 2 aliphatic rings. The number of aliphatic carboxylic acids is 1. The molecule has 2 heterocycles. The largest absolute Gasteiger partial charge is 0.486 e. The van der Waals surface area contributed by atoms with Gasteiger partial charge in [-0.05, 0) is 61.3 Å². The number of rotatable bonds is 9. The number of alkyl halides is 3. The molecule has 224 valence electrons. The van der Waals surface area contributed by atoms with E-state index in [1.54, 1.807) is 18.2 Å². The molecule has 2 N–H and O–H groups in total. The van der Waals surface area contributed by atoms with Crippen LogP contribution in [0.25, 0.3) is 6.08 Å². The molecule has 1 fully saturated rings. The summed E-state index contributed by atoms with van der Waals surface area (Å²) in [4.78, 5) is 14.0. The number of fused-ring (bicyclic) bond motifs is 1. The highest BCUT2D eigenvalue weighted by Crippen LogP contribution is 2.42. The molecular formula is C28H33F3N2O7S. The van der Waals surface area contributed by atoms with Crippen LogP contribution in [-0.2, 0) is 21.0 Å². The number of hydrogen-bond acceptors (Lipinski definition) is 7. The van der Waals surface area contributed by atoms with Crippen molar-refractivity contribution >= 4 is 27.8 Å². The van der Waals surface area contributed by atoms with Crippen LogP contribution in [0.2, 0.25) is 0 Å². The van der Waals surface area contributed by atoms with Crippen LogP contribution in [0.15, 0.2) is 40.9 Å². The zero-order chi connectivity index (χ0) is 29.9. The maximum absolute atomic E-state index is 14.1. The van der Waals surface area contributed by atoms with E-state index in [1.165, 1.54) is 5.57 Å². The number of aromatic nitrogens is 1. The summed E-state index contributed by atoms with van der Waals surface area (Å²) in [6.07, 6.45) is -0.713. The summed E-state index contributed by atoms with van der Waals surface area (Å²) in [5, 5.41) is 18.3. The number of halogens is 3. The molecule has 0 bridgehead atoms. The Kier molecular flexibility index (Phi) is 9.17. The highest BCUT2D eigenvalue weighted by molar-refractivity contribution is 7.93. The van der Waals surface area contributed by atoms with Crippen molar-refractivity contribution in [3.63, 3.8) is 0 Å². The monoisotopic (exact) mass is 598 g/mol. The SMILES string of the molecule is C[C@@H]1CC(=Cc2ccc3c(c2)N(S(=O)(=O)c2cc(C(F)(F)F)cnc2OCCO)CC(CCC(=O)O)O3)C[C@H](C)C1. The maximum Gasteiger partial charge on any atom is 0.417 e. The third kappa shape index (κ3) is 7.31. The summed E-state index contributed by atoms with van der Waals surface area (Å²) in [5.74, 6) is -0.535. The average molecular weight is 599 g/mol. The predicted molar refractivity (Wildman–Crippen MR) is 144 cm³/mol. The van der Waals surface area contributed by atoms with E-state index in [1.807, 2.05) is 6.08 Å². The highest BCUT2D eigenvalue weighted by Gasteiger charge is 2.39. The zero-order valence-electron chi connectivity index (χ0n) is 22.7. The Morgan fingerprint density at radius 1 is 1.22 bits per heavy atom. The molecule has 4 rings (SSSR count). The number of sulfonamides is 1. The molecular weight excluding hydrogens is 565 g/mol. The fourth-order valence-corrected chi connectivity index (χ4v) is 7.02. The van der Waals surface area contributed by atoms with Gasteiger partial charge in [-0.3, -0.25) is 9.10 Å². The van der Waals surface area contributed by atoms with Gasteiger partial charge >= 0.3 is 12.1 Å². The van der Waals surface area contributed by atoms with Gasteiger partial charge in [-0.2, -0.15) is 13.2 Å². The maximum atomic E-state index is 14.1. The average Bonchev–Trinajstić information content (AvgIpc) is 2.89. The molecule has 1 aliphatic heterocycles. The number of carboxylic acids is 1. The van der Waals surface area contributed by atoms with Crippen molar-refractivity contribution < 1.29 is 46.1 Å². The fourth-order valence-electron chi connectivity index (χ4n) is 5.41. The minimum atomic E-state index is -4.88. The summed E-state index contributed by atoms with van der Waals surface area (Å²) in [5.41, 5.74) is 0.728. The highest BCUT2D eigenvalue weighted by atomic mass is 32.2. The van der Waals surface area contributed by atoms with Gasteiger partial charge in [-0.1, -0.05) is 31.6 Å². The van der Waals surface area contributed by atoms with Gasteiger partial charge in [-0.25, -0.2) is 13.4 Å². The van der Waals surface area contributed by atoms with Crippen molar-refractivity contribution in [1.29, 1.82) is 0 Å². The van der Waals surface area contributed by atoms with Crippen molar-refractivity contribution in [3.05, 3.63) is 47.2 Å². The number of ether oxygens (including phenoxy) is 2. The molecule has 0 radical (unpaired) electrons. The van der Waals surface area contributed by atoms with Crippen LogP contribution in [0.1, 0.15) is 57.1 Å². The van der Waals surface area contributed by atoms with Gasteiger partial charge in [0.25, 0.3) is 10.0 Å². The first-order valence-corrected chi connectivity index (χ1v) is 14.8. The van der Waals surface area contributed by atoms with Crippen molar-refractivity contribution in [2.75, 3.05) is 24.1 Å². The Morgan fingerprint density at radius 2 is 1.93 bits per heavy atom. The van der Waals surface area contributed by atoms with E-state index in [4.69, 9.17) is 19.7 Å². The molecule has 1 aliphatic carbocycles. The first-order valence-electron chi connectivity index (χ1n) is 13.3. The lowest BCUT2D eigenvalue weighted by Gasteiger charge is -2.36. The Morgan fingerprint density at radius 3 is 2.56 bits per heavy atom. The number of hydrogen-bond donors (Lipinski definition) is 2. The summed E-state index contributed by atoms with van der Waals surface area (Å²) in [6, 6.07) is 5.40. The van der Waals surface area contributed by atoms with Crippen LogP contribution < -0.4 is 13.8 Å². The molecule has 13 heteroatoms. The van der Waals surface area contributed by atoms with E-state index in [-0.39, 0.29) is 30.8 Å². The lowest BCUT2D eigenvalue weighted by molar-refractivity contribution is -0.138. The van der Waals surface area contributed by atoms with Crippen molar-refractivity contribution in [2.45, 2.75) is 63.1 Å². The number of carbonyl (C=O) groups is 1. The minimum Gasteiger partial charge on any atom is -0.486 e. The second-order valence-corrected chi connectivity index (χ2v) is 12.5. The molecule has 2 aromatic rings. The first-order chi connectivity index (χ1) is 19.3. The van der Waals surface area contributed by atoms with Crippen molar-refractivity contribution in [1.82, 2.24) is 4.98 Å². The number of aliphatic hydroxyl groups excluding tert-OH is 1. The third-order valence-electron chi connectivity index (χ3n) is 7.04. The first kappa shape index (κ1) is 30.6. The van der Waals surface area contributed by atoms with Crippen molar-refractivity contribution in [2.24, 2.45) is 11.8 Å². The minimum absolute atomic E-state index is 0.0307. The van der Waals surface area contributed by atoms with Gasteiger partial charge in [0.2, 0.25) is 5.88 Å². The second kappa shape index (κ2) is 12.3. The van der Waals surface area contributed by atoms with Crippen LogP contribution in [-0.4, -0.2) is 55.4 Å². The number of benzene rings is 1. The molecule has 0 saturated heterocycles. The summed E-state index contributed by atoms with van der Waals surface area (Å²) in [7, 11) is -4.74. The number of carboxylic acid groups (broad SMARTS) is 1. The van der Waals surface area contributed by atoms with E-state index < -0.39 is 57.8 Å². The van der Waals surface area contributed by atoms with Gasteiger partial charge in [0, 0.05) is 12.6 Å². The van der Waals surface area contributed by atoms with Crippen LogP contribution in [0.3, 0.4) is 0 Å². The van der Waals surface area contributed by atoms with E-state index in [0.717, 1.165) is 23.6 Å². The Labute approximate surface area is 236 Å². The van der Waals surface area contributed by atoms with Crippen LogP contribution in [0.4, 0.5) is 18.9 Å². The number of allylic oxidation sites excluding steroid dienone is 1. The predicted octanol–water partition coefficient (Wildman–Crippen LogP) is 5.13. The van der Waals surface area contributed by atoms with Crippen molar-refractivity contribution in [3.8, 4) is 11.6 Å². The molecule has 1 aromatic heterocycles. The van der Waals surface area contributed by atoms with Crippen LogP contribution >= 0.6 is 0 Å². The summed E-state index contributed by atoms with van der Waals surface area (Å²) in [6.45, 7) is 3.10. The summed E-state index contributed by atoms with van der Waals surface area (Å²) < 4.78 is 81.0. The standard InChI is InChI=1S/C28H33F3N2O7S/c1-17-9-18(2)11-20(10-17)12-19-3-5-24-23(13-19)33(16-22(40-24)4-6-26(35)36)41(37,38)25-14-21(28(29,30)31)15-32-27(25)39-8-7-34/h3,5,12-15,17-18,22,34H,4,6-11,16H2,1-2H3,(H,35,36)/t17-,18+,22?. The van der Waals surface area contributed by atoms with E-state index in [9.17, 15) is 26.4 Å². The lowest BCUT2D eigenvalue weighted by Crippen LogP contribution is -2.44. The van der Waals surface area contributed by atoms with E-state index in [0.29, 0.717) is 29.7 Å². The quantitative estimate of drug-likeness (QED) is 0.407. The number of nitrogens with zero attached hydrogens (tertiary/aromatic N) is 2. The lowest BCUT2D eigenvalue weighted by atomic mass is 9.80. The fraction of sp³-hybridized carbons (Fsp3) is 0.500. The van der Waals surface area contributed by atoms with Crippen LogP contribution in [0.5, 0.6) is 11.6 Å². The van der Waals surface area contributed by atoms with E-state index in [2.05, 4.69) is 18.8 Å². The van der Waals surface area contributed by atoms with Gasteiger partial charge < -0.3 is 19.7 Å². The normalized spacial score (nSPS) is 22.2. The molecule has 1 saturated carbocycles. The molecule has 1 aromatic carbocycles. The van der Waals surface area contributed by atoms with Gasteiger partial charge in [-0.15, -0.1) is 0 Å². The van der Waals surface area contributed by atoms with E-state index >= 15 is 0 Å². The molecule has 41 heavy (non-hydrogen) atoms. The second-order valence-electron chi connectivity index (χ2n) is 10.7. The zero-order valence-corrected chi connectivity index (χ0v) is 23.5. The topological polar surface area (TPSA) is 126 Å². The van der Waals surface area contributed by atoms with Crippen LogP contribution in [0, 0.1) is 11.8 Å².